The van der Waals surface area contributed by atoms with Gasteiger partial charge < -0.3 is 15.4 Å². The Labute approximate surface area is 144 Å². The highest BCUT2D eigenvalue weighted by atomic mass is 16.6. The highest BCUT2D eigenvalue weighted by Gasteiger charge is 2.39. The molecule has 1 saturated heterocycles. The predicted octanol–water partition coefficient (Wildman–Crippen LogP) is 2.00. The molecule has 0 aromatic heterocycles. The van der Waals surface area contributed by atoms with Crippen LogP contribution in [0.3, 0.4) is 0 Å². The number of likely N-dealkylation sites (tertiary alicyclic amines) is 1. The fourth-order valence-electron chi connectivity index (χ4n) is 3.67. The van der Waals surface area contributed by atoms with Crippen molar-refractivity contribution in [3.05, 3.63) is 0 Å². The quantitative estimate of drug-likeness (QED) is 0.797. The Morgan fingerprint density at radius 3 is 2.08 bits per heavy atom. The summed E-state index contributed by atoms with van der Waals surface area (Å²) in [6.07, 6.45) is 5.18. The van der Waals surface area contributed by atoms with Gasteiger partial charge in [-0.25, -0.2) is 4.79 Å². The van der Waals surface area contributed by atoms with Crippen LogP contribution in [0.25, 0.3) is 0 Å². The van der Waals surface area contributed by atoms with Crippen molar-refractivity contribution in [2.45, 2.75) is 77.4 Å². The fraction of sp³-hybridized carbons (Fsp3) is 0.833. The van der Waals surface area contributed by atoms with Gasteiger partial charge in [-0.3, -0.25) is 9.59 Å². The van der Waals surface area contributed by atoms with E-state index in [2.05, 4.69) is 0 Å². The van der Waals surface area contributed by atoms with Crippen LogP contribution in [0.15, 0.2) is 0 Å². The van der Waals surface area contributed by atoms with Crippen LogP contribution in [0.2, 0.25) is 0 Å². The van der Waals surface area contributed by atoms with E-state index in [4.69, 9.17) is 10.5 Å². The number of hydrogen-bond acceptors (Lipinski definition) is 4. The summed E-state index contributed by atoms with van der Waals surface area (Å²) in [5.41, 5.74) is 4.80. The molecule has 0 spiro atoms. The van der Waals surface area contributed by atoms with Gasteiger partial charge in [-0.2, -0.15) is 0 Å². The van der Waals surface area contributed by atoms with E-state index in [0.29, 0.717) is 38.6 Å². The number of nitrogens with two attached hydrogens (primary N) is 1. The molecule has 2 N–H and O–H groups in total. The van der Waals surface area contributed by atoms with E-state index in [1.165, 1.54) is 0 Å². The average molecular weight is 338 g/mol. The Balaban J connectivity index is 2.00. The predicted molar refractivity (Wildman–Crippen MR) is 89.8 cm³/mol. The standard InChI is InChI=1S/C18H30N2O4/c1-18(2,3)24-17(23)14-6-4-5-11-20(14)16(22)13-9-7-12(8-10-13)15(19)21/h12-14H,4-11H2,1-3H3,(H2,19,21). The Bertz CT molecular complexity index is 490. The molecule has 1 unspecified atom stereocenters. The molecule has 6 nitrogen and oxygen atoms in total. The van der Waals surface area contributed by atoms with Crippen LogP contribution in [0.1, 0.15) is 65.7 Å². The topological polar surface area (TPSA) is 89.7 Å². The summed E-state index contributed by atoms with van der Waals surface area (Å²) < 4.78 is 5.50. The van der Waals surface area contributed by atoms with Gasteiger partial charge in [-0.15, -0.1) is 0 Å². The molecule has 6 heteroatoms. The van der Waals surface area contributed by atoms with E-state index in [-0.39, 0.29) is 29.6 Å². The molecule has 2 fully saturated rings. The van der Waals surface area contributed by atoms with Crippen LogP contribution in [0, 0.1) is 11.8 Å². The van der Waals surface area contributed by atoms with Crippen LogP contribution in [0.5, 0.6) is 0 Å². The van der Waals surface area contributed by atoms with Crippen molar-refractivity contribution in [1.82, 2.24) is 4.90 Å². The zero-order valence-corrected chi connectivity index (χ0v) is 15.0. The van der Waals surface area contributed by atoms with Crippen molar-refractivity contribution in [3.63, 3.8) is 0 Å². The third kappa shape index (κ3) is 4.71. The van der Waals surface area contributed by atoms with Crippen LogP contribution < -0.4 is 5.73 Å². The van der Waals surface area contributed by atoms with Crippen molar-refractivity contribution in [2.75, 3.05) is 6.54 Å². The summed E-state index contributed by atoms with van der Waals surface area (Å²) in [6.45, 7) is 6.12. The molecule has 0 aromatic rings. The number of hydrogen-bond donors (Lipinski definition) is 1. The molecule has 2 rings (SSSR count). The molecule has 0 radical (unpaired) electrons. The van der Waals surface area contributed by atoms with E-state index < -0.39 is 11.6 Å². The lowest BCUT2D eigenvalue weighted by molar-refractivity contribution is -0.167. The van der Waals surface area contributed by atoms with Gasteiger partial charge in [0.25, 0.3) is 0 Å². The Morgan fingerprint density at radius 2 is 1.54 bits per heavy atom. The number of rotatable bonds is 3. The van der Waals surface area contributed by atoms with Gasteiger partial charge in [0.2, 0.25) is 11.8 Å². The maximum absolute atomic E-state index is 12.9. The van der Waals surface area contributed by atoms with Crippen LogP contribution in [0.4, 0.5) is 0 Å². The first kappa shape index (κ1) is 18.7. The lowest BCUT2D eigenvalue weighted by Gasteiger charge is -2.38. The summed E-state index contributed by atoms with van der Waals surface area (Å²) in [7, 11) is 0. The number of amides is 2. The molecule has 0 aromatic carbocycles. The monoisotopic (exact) mass is 338 g/mol. The summed E-state index contributed by atoms with van der Waals surface area (Å²) in [6, 6.07) is -0.473. The minimum absolute atomic E-state index is 0.0356. The van der Waals surface area contributed by atoms with Gasteiger partial charge in [0.15, 0.2) is 0 Å². The number of carbonyl (C=O) groups is 3. The zero-order chi connectivity index (χ0) is 17.9. The first-order valence-electron chi connectivity index (χ1n) is 9.01. The fourth-order valence-corrected chi connectivity index (χ4v) is 3.67. The third-order valence-electron chi connectivity index (χ3n) is 4.94. The molecule has 1 saturated carbocycles. The largest absolute Gasteiger partial charge is 0.458 e. The van der Waals surface area contributed by atoms with Crippen molar-refractivity contribution in [2.24, 2.45) is 17.6 Å². The van der Waals surface area contributed by atoms with Crippen LogP contribution in [-0.2, 0) is 19.1 Å². The van der Waals surface area contributed by atoms with Gasteiger partial charge in [0.05, 0.1) is 0 Å². The third-order valence-corrected chi connectivity index (χ3v) is 4.94. The van der Waals surface area contributed by atoms with Crippen LogP contribution in [-0.4, -0.2) is 40.9 Å². The normalized spacial score (nSPS) is 28.3. The number of ether oxygens (including phenoxy) is 1. The highest BCUT2D eigenvalue weighted by Crippen LogP contribution is 2.32. The van der Waals surface area contributed by atoms with Gasteiger partial charge >= 0.3 is 5.97 Å². The van der Waals surface area contributed by atoms with Gasteiger partial charge in [0, 0.05) is 18.4 Å². The lowest BCUT2D eigenvalue weighted by Crippen LogP contribution is -2.52. The number of primary amides is 1. The average Bonchev–Trinajstić information content (AvgIpc) is 2.52. The van der Waals surface area contributed by atoms with E-state index in [9.17, 15) is 14.4 Å². The van der Waals surface area contributed by atoms with E-state index in [1.807, 2.05) is 20.8 Å². The van der Waals surface area contributed by atoms with E-state index in [1.54, 1.807) is 4.90 Å². The molecule has 24 heavy (non-hydrogen) atoms. The van der Waals surface area contributed by atoms with Crippen molar-refractivity contribution in [1.29, 1.82) is 0 Å². The van der Waals surface area contributed by atoms with Gasteiger partial charge in [-0.1, -0.05) is 0 Å². The molecule has 1 aliphatic heterocycles. The number of carbonyl (C=O) groups excluding carboxylic acids is 3. The minimum atomic E-state index is -0.553. The summed E-state index contributed by atoms with van der Waals surface area (Å²) in [4.78, 5) is 38.4. The molecular formula is C18H30N2O4. The molecule has 1 atom stereocenters. The number of nitrogens with zero attached hydrogens (tertiary/aromatic N) is 1. The zero-order valence-electron chi connectivity index (χ0n) is 15.0. The minimum Gasteiger partial charge on any atom is -0.458 e. The SMILES string of the molecule is CC(C)(C)OC(=O)C1CCCCN1C(=O)C1CCC(C(N)=O)CC1. The maximum Gasteiger partial charge on any atom is 0.329 e. The summed E-state index contributed by atoms with van der Waals surface area (Å²) in [5.74, 6) is -0.763. The molecule has 2 aliphatic rings. The first-order chi connectivity index (χ1) is 11.2. The van der Waals surface area contributed by atoms with Gasteiger partial charge in [-0.05, 0) is 65.7 Å². The number of piperidine rings is 1. The second kappa shape index (κ2) is 7.53. The molecule has 136 valence electrons. The summed E-state index contributed by atoms with van der Waals surface area (Å²) >= 11 is 0. The van der Waals surface area contributed by atoms with Crippen molar-refractivity contribution >= 4 is 17.8 Å². The molecule has 2 amide bonds. The Kier molecular flexibility index (Phi) is 5.88. The van der Waals surface area contributed by atoms with Crippen molar-refractivity contribution in [3.8, 4) is 0 Å². The highest BCUT2D eigenvalue weighted by molar-refractivity contribution is 5.86. The lowest BCUT2D eigenvalue weighted by atomic mass is 9.80. The van der Waals surface area contributed by atoms with Crippen molar-refractivity contribution < 1.29 is 19.1 Å². The molecule has 0 bridgehead atoms. The Morgan fingerprint density at radius 1 is 0.958 bits per heavy atom. The number of esters is 1. The second-order valence-electron chi connectivity index (χ2n) is 8.03. The summed E-state index contributed by atoms with van der Waals surface area (Å²) in [5, 5.41) is 0. The van der Waals surface area contributed by atoms with Gasteiger partial charge in [0.1, 0.15) is 11.6 Å². The first-order valence-corrected chi connectivity index (χ1v) is 9.01. The Hall–Kier alpha value is -1.59. The maximum atomic E-state index is 12.9. The smallest absolute Gasteiger partial charge is 0.329 e. The second-order valence-corrected chi connectivity index (χ2v) is 8.03. The molecule has 1 heterocycles. The molecule has 1 aliphatic carbocycles. The van der Waals surface area contributed by atoms with E-state index in [0.717, 1.165) is 12.8 Å². The van der Waals surface area contributed by atoms with E-state index >= 15 is 0 Å². The van der Waals surface area contributed by atoms with Crippen LogP contribution >= 0.6 is 0 Å². The molecular weight excluding hydrogens is 308 g/mol.